The molecule has 1 aliphatic rings. The predicted octanol–water partition coefficient (Wildman–Crippen LogP) is 2.33. The van der Waals surface area contributed by atoms with Gasteiger partial charge in [0.2, 0.25) is 0 Å². The molecule has 130 valence electrons. The Bertz CT molecular complexity index is 974. The van der Waals surface area contributed by atoms with E-state index in [1.54, 1.807) is 27.6 Å². The molecule has 0 spiro atoms. The van der Waals surface area contributed by atoms with Gasteiger partial charge in [-0.3, -0.25) is 14.3 Å². The summed E-state index contributed by atoms with van der Waals surface area (Å²) in [4.78, 5) is 19.7. The van der Waals surface area contributed by atoms with E-state index in [0.29, 0.717) is 30.7 Å². The van der Waals surface area contributed by atoms with Crippen LogP contribution in [0.3, 0.4) is 0 Å². The topological polar surface area (TPSA) is 56.0 Å². The fourth-order valence-corrected chi connectivity index (χ4v) is 3.30. The van der Waals surface area contributed by atoms with E-state index in [4.69, 9.17) is 4.98 Å². The van der Waals surface area contributed by atoms with E-state index >= 15 is 0 Å². The Hall–Kier alpha value is -2.54. The van der Waals surface area contributed by atoms with Crippen LogP contribution in [-0.2, 0) is 19.6 Å². The molecule has 7 heteroatoms. The summed E-state index contributed by atoms with van der Waals surface area (Å²) >= 11 is 0. The summed E-state index contributed by atoms with van der Waals surface area (Å²) in [5.41, 5.74) is 1.67. The van der Waals surface area contributed by atoms with Gasteiger partial charge in [0.25, 0.3) is 5.56 Å². The fourth-order valence-electron chi connectivity index (χ4n) is 3.30. The lowest BCUT2D eigenvalue weighted by Gasteiger charge is -2.29. The molecular formula is C18H20FN5O. The molecule has 25 heavy (non-hydrogen) atoms. The number of aromatic nitrogens is 4. The van der Waals surface area contributed by atoms with Crippen LogP contribution < -0.4 is 5.56 Å². The Morgan fingerprint density at radius 3 is 2.68 bits per heavy atom. The summed E-state index contributed by atoms with van der Waals surface area (Å²) < 4.78 is 16.6. The monoisotopic (exact) mass is 341 g/mol. The highest BCUT2D eigenvalue weighted by atomic mass is 19.1. The van der Waals surface area contributed by atoms with Crippen LogP contribution >= 0.6 is 0 Å². The zero-order valence-corrected chi connectivity index (χ0v) is 14.3. The van der Waals surface area contributed by atoms with E-state index in [9.17, 15) is 9.18 Å². The molecule has 1 aromatic carbocycles. The van der Waals surface area contributed by atoms with Gasteiger partial charge in [0.15, 0.2) is 5.65 Å². The van der Waals surface area contributed by atoms with Crippen molar-refractivity contribution in [2.24, 2.45) is 0 Å². The molecular weight excluding hydrogens is 321 g/mol. The van der Waals surface area contributed by atoms with Gasteiger partial charge in [-0.05, 0) is 31.5 Å². The normalized spacial score (nSPS) is 15.0. The van der Waals surface area contributed by atoms with Gasteiger partial charge in [-0.1, -0.05) is 12.1 Å². The lowest BCUT2D eigenvalue weighted by Crippen LogP contribution is -2.39. The fraction of sp³-hybridized carbons (Fsp3) is 0.389. The molecule has 0 aliphatic carbocycles. The SMILES string of the molecule is CC(C)n1ncc2c(=O)n3c(nc21)CN(Cc1ccc(F)cc1)CC3. The molecule has 0 atom stereocenters. The first kappa shape index (κ1) is 16.0. The first-order valence-corrected chi connectivity index (χ1v) is 8.46. The molecule has 0 saturated carbocycles. The van der Waals surface area contributed by atoms with Gasteiger partial charge in [-0.25, -0.2) is 14.1 Å². The molecule has 2 aromatic heterocycles. The number of nitrogens with zero attached hydrogens (tertiary/aromatic N) is 5. The summed E-state index contributed by atoms with van der Waals surface area (Å²) in [7, 11) is 0. The van der Waals surface area contributed by atoms with Crippen molar-refractivity contribution < 1.29 is 4.39 Å². The van der Waals surface area contributed by atoms with Crippen LogP contribution in [0.1, 0.15) is 31.3 Å². The van der Waals surface area contributed by atoms with Crippen LogP contribution in [0.25, 0.3) is 11.0 Å². The van der Waals surface area contributed by atoms with Crippen molar-refractivity contribution in [2.45, 2.75) is 39.5 Å². The average molecular weight is 341 g/mol. The first-order chi connectivity index (χ1) is 12.0. The zero-order chi connectivity index (χ0) is 17.6. The van der Waals surface area contributed by atoms with Gasteiger partial charge in [0.05, 0.1) is 12.7 Å². The van der Waals surface area contributed by atoms with E-state index < -0.39 is 0 Å². The molecule has 3 aromatic rings. The molecule has 0 N–H and O–H groups in total. The zero-order valence-electron chi connectivity index (χ0n) is 14.3. The van der Waals surface area contributed by atoms with Crippen LogP contribution in [0.5, 0.6) is 0 Å². The molecule has 0 bridgehead atoms. The Labute approximate surface area is 144 Å². The predicted molar refractivity (Wildman–Crippen MR) is 92.7 cm³/mol. The maximum atomic E-state index is 13.1. The second kappa shape index (κ2) is 6.07. The number of rotatable bonds is 3. The number of halogens is 1. The van der Waals surface area contributed by atoms with Crippen LogP contribution in [0.4, 0.5) is 4.39 Å². The molecule has 4 rings (SSSR count). The second-order valence-corrected chi connectivity index (χ2v) is 6.74. The summed E-state index contributed by atoms with van der Waals surface area (Å²) in [6, 6.07) is 6.68. The third-order valence-corrected chi connectivity index (χ3v) is 4.60. The van der Waals surface area contributed by atoms with Crippen LogP contribution in [-0.4, -0.2) is 30.8 Å². The minimum absolute atomic E-state index is 0.0201. The molecule has 0 saturated heterocycles. The quantitative estimate of drug-likeness (QED) is 0.734. The van der Waals surface area contributed by atoms with Crippen molar-refractivity contribution in [3.63, 3.8) is 0 Å². The van der Waals surface area contributed by atoms with Crippen molar-refractivity contribution in [2.75, 3.05) is 6.54 Å². The van der Waals surface area contributed by atoms with Gasteiger partial charge in [0.1, 0.15) is 17.0 Å². The van der Waals surface area contributed by atoms with Crippen LogP contribution in [0.15, 0.2) is 35.3 Å². The van der Waals surface area contributed by atoms with Gasteiger partial charge < -0.3 is 0 Å². The highest BCUT2D eigenvalue weighted by molar-refractivity contribution is 5.73. The van der Waals surface area contributed by atoms with E-state index in [0.717, 1.165) is 17.9 Å². The Balaban J connectivity index is 1.66. The summed E-state index contributed by atoms with van der Waals surface area (Å²) in [5, 5.41) is 4.89. The summed E-state index contributed by atoms with van der Waals surface area (Å²) in [6.45, 7) is 6.70. The average Bonchev–Trinajstić information content (AvgIpc) is 3.01. The summed E-state index contributed by atoms with van der Waals surface area (Å²) in [5.74, 6) is 0.526. The lowest BCUT2D eigenvalue weighted by molar-refractivity contribution is 0.204. The van der Waals surface area contributed by atoms with Crippen molar-refractivity contribution in [1.29, 1.82) is 0 Å². The third kappa shape index (κ3) is 2.84. The smallest absolute Gasteiger partial charge is 0.264 e. The maximum absolute atomic E-state index is 13.1. The van der Waals surface area contributed by atoms with Crippen LogP contribution in [0.2, 0.25) is 0 Å². The van der Waals surface area contributed by atoms with Crippen molar-refractivity contribution in [3.8, 4) is 0 Å². The van der Waals surface area contributed by atoms with E-state index in [-0.39, 0.29) is 17.4 Å². The van der Waals surface area contributed by atoms with Crippen LogP contribution in [0, 0.1) is 5.82 Å². The second-order valence-electron chi connectivity index (χ2n) is 6.74. The first-order valence-electron chi connectivity index (χ1n) is 8.46. The minimum Gasteiger partial charge on any atom is -0.294 e. The van der Waals surface area contributed by atoms with E-state index in [1.807, 2.05) is 13.8 Å². The third-order valence-electron chi connectivity index (χ3n) is 4.60. The molecule has 3 heterocycles. The minimum atomic E-state index is -0.231. The Kier molecular flexibility index (Phi) is 3.88. The Morgan fingerprint density at radius 2 is 1.96 bits per heavy atom. The highest BCUT2D eigenvalue weighted by Crippen LogP contribution is 2.17. The maximum Gasteiger partial charge on any atom is 0.264 e. The molecule has 1 aliphatic heterocycles. The molecule has 6 nitrogen and oxygen atoms in total. The Morgan fingerprint density at radius 1 is 1.20 bits per heavy atom. The largest absolute Gasteiger partial charge is 0.294 e. The van der Waals surface area contributed by atoms with Crippen molar-refractivity contribution in [1.82, 2.24) is 24.2 Å². The highest BCUT2D eigenvalue weighted by Gasteiger charge is 2.22. The van der Waals surface area contributed by atoms with Crippen molar-refractivity contribution >= 4 is 11.0 Å². The molecule has 0 unspecified atom stereocenters. The summed E-state index contributed by atoms with van der Waals surface area (Å²) in [6.07, 6.45) is 1.61. The van der Waals surface area contributed by atoms with Gasteiger partial charge >= 0.3 is 0 Å². The van der Waals surface area contributed by atoms with E-state index in [1.165, 1.54) is 12.1 Å². The van der Waals surface area contributed by atoms with Gasteiger partial charge in [0, 0.05) is 25.7 Å². The number of benzene rings is 1. The molecule has 0 amide bonds. The van der Waals surface area contributed by atoms with Crippen molar-refractivity contribution in [3.05, 3.63) is 58.0 Å². The van der Waals surface area contributed by atoms with Gasteiger partial charge in [-0.2, -0.15) is 5.10 Å². The molecule has 0 fully saturated rings. The van der Waals surface area contributed by atoms with E-state index in [2.05, 4.69) is 10.00 Å². The standard InChI is InChI=1S/C18H20FN5O/c1-12(2)24-17-15(9-20-24)18(25)23-8-7-22(11-16(23)21-17)10-13-3-5-14(19)6-4-13/h3-6,9,12H,7-8,10-11H2,1-2H3. The molecule has 0 radical (unpaired) electrons. The number of hydrogen-bond acceptors (Lipinski definition) is 4. The lowest BCUT2D eigenvalue weighted by atomic mass is 10.2. The number of fused-ring (bicyclic) bond motifs is 2. The number of hydrogen-bond donors (Lipinski definition) is 0. The van der Waals surface area contributed by atoms with Gasteiger partial charge in [-0.15, -0.1) is 0 Å².